The highest BCUT2D eigenvalue weighted by atomic mass is 127. The van der Waals surface area contributed by atoms with Crippen molar-refractivity contribution < 1.29 is 9.47 Å². The molecule has 6 nitrogen and oxygen atoms in total. The van der Waals surface area contributed by atoms with Crippen molar-refractivity contribution in [1.29, 1.82) is 0 Å². The molecule has 1 unspecified atom stereocenters. The van der Waals surface area contributed by atoms with Crippen LogP contribution in [0, 0.1) is 0 Å². The summed E-state index contributed by atoms with van der Waals surface area (Å²) < 4.78 is 11.7. The van der Waals surface area contributed by atoms with Gasteiger partial charge in [0.2, 0.25) is 0 Å². The van der Waals surface area contributed by atoms with Crippen molar-refractivity contribution in [3.63, 3.8) is 0 Å². The quantitative estimate of drug-likeness (QED) is 0.259. The highest BCUT2D eigenvalue weighted by Crippen LogP contribution is 2.30. The molecule has 0 amide bonds. The lowest BCUT2D eigenvalue weighted by molar-refractivity contribution is 0.0936. The Labute approximate surface area is 190 Å². The molecular formula is C22H31IN4O2. The number of benzene rings is 2. The fraction of sp³-hybridized carbons (Fsp3) is 0.409. The molecule has 0 spiro atoms. The first-order chi connectivity index (χ1) is 13.7. The molecule has 1 heterocycles. The zero-order valence-corrected chi connectivity index (χ0v) is 19.7. The van der Waals surface area contributed by atoms with Gasteiger partial charge in [0.15, 0.2) is 17.5 Å². The van der Waals surface area contributed by atoms with Gasteiger partial charge in [-0.15, -0.1) is 24.0 Å². The van der Waals surface area contributed by atoms with Gasteiger partial charge in [-0.05, 0) is 42.7 Å². The summed E-state index contributed by atoms with van der Waals surface area (Å²) in [5.41, 5.74) is 2.57. The predicted molar refractivity (Wildman–Crippen MR) is 130 cm³/mol. The number of hydrogen-bond acceptors (Lipinski definition) is 4. The van der Waals surface area contributed by atoms with E-state index in [-0.39, 0.29) is 30.1 Å². The van der Waals surface area contributed by atoms with Gasteiger partial charge in [0.25, 0.3) is 0 Å². The van der Waals surface area contributed by atoms with Gasteiger partial charge < -0.3 is 25.0 Å². The van der Waals surface area contributed by atoms with Crippen LogP contribution in [0.15, 0.2) is 53.5 Å². The Morgan fingerprint density at radius 2 is 1.79 bits per heavy atom. The molecule has 7 heteroatoms. The van der Waals surface area contributed by atoms with E-state index in [4.69, 9.17) is 9.47 Å². The van der Waals surface area contributed by atoms with Crippen molar-refractivity contribution in [3.8, 4) is 11.5 Å². The van der Waals surface area contributed by atoms with Gasteiger partial charge in [0, 0.05) is 33.4 Å². The number of para-hydroxylation sites is 2. The zero-order chi connectivity index (χ0) is 19.8. The normalized spacial score (nSPS) is 15.3. The van der Waals surface area contributed by atoms with E-state index in [1.54, 1.807) is 7.05 Å². The lowest BCUT2D eigenvalue weighted by Crippen LogP contribution is -2.45. The summed E-state index contributed by atoms with van der Waals surface area (Å²) >= 11 is 0. The molecule has 29 heavy (non-hydrogen) atoms. The minimum atomic E-state index is -0.0383. The number of hydrogen-bond donors (Lipinski definition) is 2. The number of fused-ring (bicyclic) bond motifs is 1. The van der Waals surface area contributed by atoms with Crippen LogP contribution in [0.3, 0.4) is 0 Å². The van der Waals surface area contributed by atoms with Gasteiger partial charge in [-0.3, -0.25) is 4.99 Å². The highest BCUT2D eigenvalue weighted by Gasteiger charge is 2.20. The number of aryl methyl sites for hydroxylation is 1. The van der Waals surface area contributed by atoms with Crippen molar-refractivity contribution in [2.75, 3.05) is 45.7 Å². The minimum absolute atomic E-state index is 0. The maximum Gasteiger partial charge on any atom is 0.191 e. The Hall–Kier alpha value is -2.16. The lowest BCUT2D eigenvalue weighted by Gasteiger charge is -2.27. The molecule has 0 radical (unpaired) electrons. The fourth-order valence-corrected chi connectivity index (χ4v) is 3.05. The number of rotatable bonds is 7. The number of halogens is 1. The van der Waals surface area contributed by atoms with Crippen LogP contribution in [0.25, 0.3) is 0 Å². The predicted octanol–water partition coefficient (Wildman–Crippen LogP) is 3.31. The van der Waals surface area contributed by atoms with E-state index in [0.29, 0.717) is 13.2 Å². The van der Waals surface area contributed by atoms with Crippen LogP contribution >= 0.6 is 24.0 Å². The van der Waals surface area contributed by atoms with Gasteiger partial charge in [-0.25, -0.2) is 0 Å². The number of nitrogens with zero attached hydrogens (tertiary/aromatic N) is 2. The van der Waals surface area contributed by atoms with Gasteiger partial charge >= 0.3 is 0 Å². The Morgan fingerprint density at radius 3 is 2.48 bits per heavy atom. The van der Waals surface area contributed by atoms with Crippen molar-refractivity contribution in [2.24, 2.45) is 4.99 Å². The third kappa shape index (κ3) is 6.99. The van der Waals surface area contributed by atoms with E-state index < -0.39 is 0 Å². The average Bonchev–Trinajstić information content (AvgIpc) is 2.73. The summed E-state index contributed by atoms with van der Waals surface area (Å²) in [6, 6.07) is 16.5. The molecule has 0 fully saturated rings. The van der Waals surface area contributed by atoms with Crippen molar-refractivity contribution in [3.05, 3.63) is 54.1 Å². The largest absolute Gasteiger partial charge is 0.486 e. The first kappa shape index (κ1) is 23.1. The molecule has 0 bridgehead atoms. The van der Waals surface area contributed by atoms with Crippen LogP contribution in [0.4, 0.5) is 5.69 Å². The first-order valence-corrected chi connectivity index (χ1v) is 9.75. The third-order valence-electron chi connectivity index (χ3n) is 4.68. The maximum atomic E-state index is 5.96. The van der Waals surface area contributed by atoms with E-state index in [1.165, 1.54) is 11.3 Å². The Balaban J connectivity index is 0.00000300. The molecule has 3 rings (SSSR count). The highest BCUT2D eigenvalue weighted by molar-refractivity contribution is 14.0. The molecule has 2 aromatic carbocycles. The summed E-state index contributed by atoms with van der Waals surface area (Å²) in [6.45, 7) is 2.03. The molecule has 0 saturated heterocycles. The van der Waals surface area contributed by atoms with Crippen molar-refractivity contribution in [2.45, 2.75) is 18.9 Å². The molecule has 1 atom stereocenters. The van der Waals surface area contributed by atoms with Crippen LogP contribution < -0.4 is 25.0 Å². The molecule has 0 aliphatic carbocycles. The molecule has 0 saturated carbocycles. The number of aliphatic imine (C=N–C) groups is 1. The smallest absolute Gasteiger partial charge is 0.191 e. The summed E-state index contributed by atoms with van der Waals surface area (Å²) in [5, 5.41) is 6.68. The summed E-state index contributed by atoms with van der Waals surface area (Å²) in [4.78, 5) is 6.40. The monoisotopic (exact) mass is 510 g/mol. The topological polar surface area (TPSA) is 58.1 Å². The Morgan fingerprint density at radius 1 is 1.07 bits per heavy atom. The van der Waals surface area contributed by atoms with Crippen LogP contribution in [-0.2, 0) is 6.42 Å². The SMILES string of the molecule is CN=C(NCCCc1ccc(N(C)C)cc1)NCC1COc2ccccc2O1.I. The van der Waals surface area contributed by atoms with E-state index in [9.17, 15) is 0 Å². The molecular weight excluding hydrogens is 479 g/mol. The number of ether oxygens (including phenoxy) is 2. The van der Waals surface area contributed by atoms with Crippen LogP contribution in [0.1, 0.15) is 12.0 Å². The Kier molecular flexibility index (Phi) is 9.37. The average molecular weight is 510 g/mol. The molecule has 2 aromatic rings. The fourth-order valence-electron chi connectivity index (χ4n) is 3.05. The molecule has 1 aliphatic rings. The second kappa shape index (κ2) is 11.7. The van der Waals surface area contributed by atoms with Crippen molar-refractivity contribution >= 4 is 35.6 Å². The maximum absolute atomic E-state index is 5.96. The second-order valence-electron chi connectivity index (χ2n) is 7.04. The van der Waals surface area contributed by atoms with Crippen LogP contribution in [0.2, 0.25) is 0 Å². The van der Waals surface area contributed by atoms with Gasteiger partial charge in [-0.1, -0.05) is 24.3 Å². The summed E-state index contributed by atoms with van der Waals surface area (Å²) in [7, 11) is 5.89. The van der Waals surface area contributed by atoms with Crippen LogP contribution in [0.5, 0.6) is 11.5 Å². The second-order valence-corrected chi connectivity index (χ2v) is 7.04. The van der Waals surface area contributed by atoms with Gasteiger partial charge in [-0.2, -0.15) is 0 Å². The molecule has 1 aliphatic heterocycles. The molecule has 0 aromatic heterocycles. The minimum Gasteiger partial charge on any atom is -0.486 e. The van der Waals surface area contributed by atoms with E-state index >= 15 is 0 Å². The zero-order valence-electron chi connectivity index (χ0n) is 17.4. The number of guanidine groups is 1. The lowest BCUT2D eigenvalue weighted by atomic mass is 10.1. The molecule has 2 N–H and O–H groups in total. The van der Waals surface area contributed by atoms with Crippen molar-refractivity contribution in [1.82, 2.24) is 10.6 Å². The standard InChI is InChI=1S/C22H30N4O2.HI/c1-23-22(24-14-6-7-17-10-12-18(13-11-17)26(2)3)25-15-19-16-27-20-8-4-5-9-21(20)28-19;/h4-5,8-13,19H,6-7,14-16H2,1-3H3,(H2,23,24,25);1H. The van der Waals surface area contributed by atoms with Gasteiger partial charge in [0.1, 0.15) is 12.7 Å². The van der Waals surface area contributed by atoms with E-state index in [2.05, 4.69) is 58.9 Å². The number of nitrogens with one attached hydrogen (secondary N) is 2. The summed E-state index contributed by atoms with van der Waals surface area (Å²) in [6.07, 6.45) is 2.04. The van der Waals surface area contributed by atoms with Crippen LogP contribution in [-0.4, -0.2) is 52.9 Å². The third-order valence-corrected chi connectivity index (χ3v) is 4.68. The number of anilines is 1. The first-order valence-electron chi connectivity index (χ1n) is 9.75. The van der Waals surface area contributed by atoms with E-state index in [0.717, 1.165) is 36.8 Å². The summed E-state index contributed by atoms with van der Waals surface area (Å²) in [5.74, 6) is 2.38. The van der Waals surface area contributed by atoms with Gasteiger partial charge in [0.05, 0.1) is 6.54 Å². The Bertz CT molecular complexity index is 781. The van der Waals surface area contributed by atoms with E-state index in [1.807, 2.05) is 24.3 Å². The molecule has 158 valence electrons.